The number of nitrogens with one attached hydrogen (secondary N) is 2. The molecule has 0 aliphatic carbocycles. The Bertz CT molecular complexity index is 590. The standard InChI is InChI=1S/C16H23ClN4/c1-10(2)5-6-12-7-15(21-20-12)13-9-18-16(17)8-14(13)19-11(3)4/h7-11H,5-6H2,1-4H3,(H,18,19)(H,20,21). The van der Waals surface area contributed by atoms with Crippen molar-refractivity contribution in [1.29, 1.82) is 0 Å². The Kier molecular flexibility index (Phi) is 5.23. The Balaban J connectivity index is 2.25. The SMILES string of the molecule is CC(C)CCc1cc(-c2cnc(Cl)cc2NC(C)C)n[nH]1. The van der Waals surface area contributed by atoms with Gasteiger partial charge in [-0.05, 0) is 44.7 Å². The molecule has 2 heterocycles. The van der Waals surface area contributed by atoms with Gasteiger partial charge >= 0.3 is 0 Å². The maximum absolute atomic E-state index is 6.00. The van der Waals surface area contributed by atoms with Crippen LogP contribution in [0.15, 0.2) is 18.3 Å². The van der Waals surface area contributed by atoms with Crippen molar-refractivity contribution in [1.82, 2.24) is 15.2 Å². The molecular formula is C16H23ClN4. The summed E-state index contributed by atoms with van der Waals surface area (Å²) >= 11 is 6.00. The van der Waals surface area contributed by atoms with Crippen LogP contribution < -0.4 is 5.32 Å². The van der Waals surface area contributed by atoms with Gasteiger partial charge < -0.3 is 5.32 Å². The molecule has 0 aliphatic heterocycles. The van der Waals surface area contributed by atoms with Crippen molar-refractivity contribution in [2.45, 2.75) is 46.6 Å². The number of H-pyrrole nitrogens is 1. The van der Waals surface area contributed by atoms with E-state index in [2.05, 4.69) is 54.3 Å². The van der Waals surface area contributed by atoms with Crippen molar-refractivity contribution in [3.05, 3.63) is 29.2 Å². The minimum atomic E-state index is 0.321. The third-order valence-electron chi connectivity index (χ3n) is 3.21. The number of aromatic nitrogens is 3. The monoisotopic (exact) mass is 306 g/mol. The molecule has 0 atom stereocenters. The van der Waals surface area contributed by atoms with Crippen LogP contribution in [0.2, 0.25) is 5.15 Å². The first-order chi connectivity index (χ1) is 9.95. The average Bonchev–Trinajstić information content (AvgIpc) is 2.84. The summed E-state index contributed by atoms with van der Waals surface area (Å²) in [5, 5.41) is 11.4. The molecule has 0 amide bonds. The van der Waals surface area contributed by atoms with Gasteiger partial charge in [0.15, 0.2) is 0 Å². The number of hydrogen-bond acceptors (Lipinski definition) is 3. The fourth-order valence-corrected chi connectivity index (χ4v) is 2.29. The van der Waals surface area contributed by atoms with Crippen LogP contribution in [-0.4, -0.2) is 21.2 Å². The summed E-state index contributed by atoms with van der Waals surface area (Å²) < 4.78 is 0. The number of halogens is 1. The molecule has 0 aliphatic rings. The second-order valence-corrected chi connectivity index (χ2v) is 6.45. The minimum absolute atomic E-state index is 0.321. The lowest BCUT2D eigenvalue weighted by Crippen LogP contribution is -2.10. The lowest BCUT2D eigenvalue weighted by Gasteiger charge is -2.13. The van der Waals surface area contributed by atoms with Gasteiger partial charge in [-0.1, -0.05) is 25.4 Å². The molecule has 2 N–H and O–H groups in total. The van der Waals surface area contributed by atoms with Crippen molar-refractivity contribution >= 4 is 17.3 Å². The van der Waals surface area contributed by atoms with Gasteiger partial charge in [0.2, 0.25) is 0 Å². The molecule has 0 saturated heterocycles. The highest BCUT2D eigenvalue weighted by Gasteiger charge is 2.11. The van der Waals surface area contributed by atoms with Crippen LogP contribution >= 0.6 is 11.6 Å². The van der Waals surface area contributed by atoms with Gasteiger partial charge in [-0.2, -0.15) is 5.10 Å². The molecule has 114 valence electrons. The summed E-state index contributed by atoms with van der Waals surface area (Å²) in [4.78, 5) is 4.18. The number of anilines is 1. The number of hydrogen-bond donors (Lipinski definition) is 2. The van der Waals surface area contributed by atoms with Gasteiger partial charge in [0, 0.05) is 29.2 Å². The minimum Gasteiger partial charge on any atom is -0.382 e. The summed E-state index contributed by atoms with van der Waals surface area (Å²) in [5.41, 5.74) is 4.00. The molecule has 0 unspecified atom stereocenters. The van der Waals surface area contributed by atoms with Crippen LogP contribution in [-0.2, 0) is 6.42 Å². The van der Waals surface area contributed by atoms with Crippen LogP contribution in [0.4, 0.5) is 5.69 Å². The quantitative estimate of drug-likeness (QED) is 0.771. The Hall–Kier alpha value is -1.55. The van der Waals surface area contributed by atoms with Crippen molar-refractivity contribution in [3.8, 4) is 11.3 Å². The van der Waals surface area contributed by atoms with E-state index in [1.165, 1.54) is 0 Å². The second-order valence-electron chi connectivity index (χ2n) is 6.06. The summed E-state index contributed by atoms with van der Waals surface area (Å²) in [6.07, 6.45) is 3.94. The first kappa shape index (κ1) is 15.8. The third kappa shape index (κ3) is 4.46. The van der Waals surface area contributed by atoms with Crippen LogP contribution in [0.5, 0.6) is 0 Å². The van der Waals surface area contributed by atoms with E-state index < -0.39 is 0 Å². The fraction of sp³-hybridized carbons (Fsp3) is 0.500. The Morgan fingerprint density at radius 1 is 1.24 bits per heavy atom. The van der Waals surface area contributed by atoms with E-state index in [4.69, 9.17) is 11.6 Å². The molecule has 0 radical (unpaired) electrons. The van der Waals surface area contributed by atoms with E-state index in [1.807, 2.05) is 6.07 Å². The zero-order valence-electron chi connectivity index (χ0n) is 13.1. The molecule has 21 heavy (non-hydrogen) atoms. The number of aromatic amines is 1. The molecule has 5 heteroatoms. The molecule has 2 aromatic rings. The lowest BCUT2D eigenvalue weighted by molar-refractivity contribution is 0.581. The molecular weight excluding hydrogens is 284 g/mol. The fourth-order valence-electron chi connectivity index (χ4n) is 2.14. The third-order valence-corrected chi connectivity index (χ3v) is 3.42. The van der Waals surface area contributed by atoms with Gasteiger partial charge in [0.1, 0.15) is 5.15 Å². The van der Waals surface area contributed by atoms with Gasteiger partial charge in [-0.3, -0.25) is 5.10 Å². The highest BCUT2D eigenvalue weighted by molar-refractivity contribution is 6.29. The highest BCUT2D eigenvalue weighted by atomic mass is 35.5. The maximum Gasteiger partial charge on any atom is 0.131 e. The van der Waals surface area contributed by atoms with Crippen molar-refractivity contribution in [2.24, 2.45) is 5.92 Å². The highest BCUT2D eigenvalue weighted by Crippen LogP contribution is 2.29. The molecule has 0 fully saturated rings. The predicted octanol–water partition coefficient (Wildman–Crippen LogP) is 4.53. The average molecular weight is 307 g/mol. The smallest absolute Gasteiger partial charge is 0.131 e. The normalized spacial score (nSPS) is 11.4. The van der Waals surface area contributed by atoms with Crippen LogP contribution in [0, 0.1) is 5.92 Å². The van der Waals surface area contributed by atoms with Crippen LogP contribution in [0.3, 0.4) is 0 Å². The molecule has 0 saturated carbocycles. The first-order valence-corrected chi connectivity index (χ1v) is 7.80. The lowest BCUT2D eigenvalue weighted by atomic mass is 10.1. The molecule has 2 aromatic heterocycles. The van der Waals surface area contributed by atoms with Crippen LogP contribution in [0.1, 0.15) is 39.8 Å². The summed E-state index contributed by atoms with van der Waals surface area (Å²) in [5.74, 6) is 0.687. The zero-order chi connectivity index (χ0) is 15.4. The molecule has 4 nitrogen and oxygen atoms in total. The number of rotatable bonds is 6. The first-order valence-electron chi connectivity index (χ1n) is 7.42. The van der Waals surface area contributed by atoms with E-state index >= 15 is 0 Å². The Labute approximate surface area is 131 Å². The molecule has 0 bridgehead atoms. The van der Waals surface area contributed by atoms with Crippen molar-refractivity contribution in [3.63, 3.8) is 0 Å². The van der Waals surface area contributed by atoms with Gasteiger partial charge in [-0.15, -0.1) is 0 Å². The summed E-state index contributed by atoms with van der Waals surface area (Å²) in [7, 11) is 0. The van der Waals surface area contributed by atoms with Gasteiger partial charge in [0.05, 0.1) is 5.69 Å². The molecule has 0 spiro atoms. The summed E-state index contributed by atoms with van der Waals surface area (Å²) in [6, 6.07) is 4.26. The van der Waals surface area contributed by atoms with E-state index in [-0.39, 0.29) is 0 Å². The van der Waals surface area contributed by atoms with E-state index in [1.54, 1.807) is 6.20 Å². The maximum atomic E-state index is 6.00. The summed E-state index contributed by atoms with van der Waals surface area (Å²) in [6.45, 7) is 8.64. The molecule has 2 rings (SSSR count). The van der Waals surface area contributed by atoms with Gasteiger partial charge in [-0.25, -0.2) is 4.98 Å². The van der Waals surface area contributed by atoms with E-state index in [0.29, 0.717) is 17.1 Å². The van der Waals surface area contributed by atoms with E-state index in [9.17, 15) is 0 Å². The predicted molar refractivity (Wildman–Crippen MR) is 88.7 cm³/mol. The van der Waals surface area contributed by atoms with Crippen molar-refractivity contribution < 1.29 is 0 Å². The molecule has 0 aromatic carbocycles. The number of nitrogens with zero attached hydrogens (tertiary/aromatic N) is 2. The number of aryl methyl sites for hydroxylation is 1. The van der Waals surface area contributed by atoms with Crippen LogP contribution in [0.25, 0.3) is 11.3 Å². The Morgan fingerprint density at radius 3 is 2.67 bits per heavy atom. The number of pyridine rings is 1. The Morgan fingerprint density at radius 2 is 2.00 bits per heavy atom. The van der Waals surface area contributed by atoms with Gasteiger partial charge in [0.25, 0.3) is 0 Å². The topological polar surface area (TPSA) is 53.6 Å². The van der Waals surface area contributed by atoms with Crippen molar-refractivity contribution in [2.75, 3.05) is 5.32 Å². The second kappa shape index (κ2) is 6.94. The van der Waals surface area contributed by atoms with E-state index in [0.717, 1.165) is 35.5 Å². The largest absolute Gasteiger partial charge is 0.382 e. The zero-order valence-corrected chi connectivity index (χ0v) is 13.8.